The lowest BCUT2D eigenvalue weighted by molar-refractivity contribution is 0.103. The van der Waals surface area contributed by atoms with E-state index >= 15 is 0 Å². The number of carbonyl (C=O) groups excluding carboxylic acids is 1. The molecule has 0 spiro atoms. The molecule has 6 nitrogen and oxygen atoms in total. The normalized spacial score (nSPS) is 11.9. The molecule has 0 fully saturated rings. The van der Waals surface area contributed by atoms with Gasteiger partial charge in [-0.15, -0.1) is 0 Å². The molecule has 6 rings (SSSR count). The van der Waals surface area contributed by atoms with Crippen molar-refractivity contribution in [3.05, 3.63) is 113 Å². The summed E-state index contributed by atoms with van der Waals surface area (Å²) in [4.78, 5) is 15.1. The van der Waals surface area contributed by atoms with Gasteiger partial charge in [0.1, 0.15) is 30.4 Å². The summed E-state index contributed by atoms with van der Waals surface area (Å²) < 4.78 is 12.4. The quantitative estimate of drug-likeness (QED) is 0.359. The smallest absolute Gasteiger partial charge is 0.198 e. The van der Waals surface area contributed by atoms with Crippen LogP contribution in [0.1, 0.15) is 27.0 Å². The van der Waals surface area contributed by atoms with Gasteiger partial charge < -0.3 is 15.3 Å². The zero-order valence-electron chi connectivity index (χ0n) is 18.3. The second-order valence-electron chi connectivity index (χ2n) is 8.18. The number of nitrogens with two attached hydrogens (primary N) is 1. The number of ether oxygens (including phenoxy) is 2. The van der Waals surface area contributed by atoms with Gasteiger partial charge in [-0.05, 0) is 29.3 Å². The van der Waals surface area contributed by atoms with Crippen LogP contribution < -0.4 is 15.3 Å². The van der Waals surface area contributed by atoms with E-state index in [0.717, 1.165) is 16.5 Å². The van der Waals surface area contributed by atoms with Gasteiger partial charge in [0.25, 0.3) is 0 Å². The minimum absolute atomic E-state index is 0.130. The Morgan fingerprint density at radius 1 is 0.706 bits per heavy atom. The van der Waals surface area contributed by atoms with Gasteiger partial charge in [0.2, 0.25) is 0 Å². The van der Waals surface area contributed by atoms with Crippen molar-refractivity contribution in [2.75, 3.05) is 5.84 Å². The molecular weight excluding hydrogens is 426 g/mol. The van der Waals surface area contributed by atoms with Crippen molar-refractivity contribution in [3.8, 4) is 22.8 Å². The molecule has 4 aromatic carbocycles. The third kappa shape index (κ3) is 3.28. The number of hydrogen-bond acceptors (Lipinski definition) is 5. The second kappa shape index (κ2) is 8.08. The van der Waals surface area contributed by atoms with Gasteiger partial charge in [-0.25, -0.2) is 0 Å². The lowest BCUT2D eigenvalue weighted by Crippen LogP contribution is -2.13. The molecule has 0 bridgehead atoms. The van der Waals surface area contributed by atoms with Crippen molar-refractivity contribution in [1.29, 1.82) is 0 Å². The first kappa shape index (κ1) is 20.1. The number of carbonyl (C=O) groups is 1. The molecule has 5 aromatic rings. The van der Waals surface area contributed by atoms with Gasteiger partial charge in [0, 0.05) is 10.9 Å². The molecule has 2 N–H and O–H groups in total. The van der Waals surface area contributed by atoms with E-state index in [4.69, 9.17) is 15.3 Å². The highest BCUT2D eigenvalue weighted by molar-refractivity contribution is 6.26. The molecule has 1 aliphatic rings. The van der Waals surface area contributed by atoms with E-state index in [9.17, 15) is 4.79 Å². The van der Waals surface area contributed by atoms with E-state index in [1.807, 2.05) is 78.9 Å². The third-order valence-electron chi connectivity index (χ3n) is 6.05. The van der Waals surface area contributed by atoms with E-state index in [2.05, 4.69) is 5.10 Å². The van der Waals surface area contributed by atoms with Crippen molar-refractivity contribution in [2.24, 2.45) is 0 Å². The average molecular weight is 447 g/mol. The van der Waals surface area contributed by atoms with Crippen LogP contribution in [0.5, 0.6) is 11.5 Å². The summed E-state index contributed by atoms with van der Waals surface area (Å²) >= 11 is 0. The summed E-state index contributed by atoms with van der Waals surface area (Å²) in [5.41, 5.74) is 4.96. The number of ketones is 1. The largest absolute Gasteiger partial charge is 0.488 e. The van der Waals surface area contributed by atoms with Crippen molar-refractivity contribution >= 4 is 16.7 Å². The Balaban J connectivity index is 1.49. The van der Waals surface area contributed by atoms with Crippen LogP contribution in [0.15, 0.2) is 91.0 Å². The summed E-state index contributed by atoms with van der Waals surface area (Å²) in [5.74, 6) is 7.09. The molecule has 1 heterocycles. The van der Waals surface area contributed by atoms with E-state index in [-0.39, 0.29) is 5.78 Å². The maximum atomic E-state index is 13.7. The Hall–Kier alpha value is -4.58. The molecule has 0 aliphatic heterocycles. The summed E-state index contributed by atoms with van der Waals surface area (Å²) in [7, 11) is 0. The van der Waals surface area contributed by atoms with Crippen LogP contribution in [0.25, 0.3) is 22.2 Å². The molecule has 0 amide bonds. The molecule has 6 heteroatoms. The summed E-state index contributed by atoms with van der Waals surface area (Å²) in [6, 6.07) is 28.8. The predicted molar refractivity (Wildman–Crippen MR) is 130 cm³/mol. The number of nitrogen functional groups attached to an aromatic ring is 1. The molecule has 0 saturated carbocycles. The highest BCUT2D eigenvalue weighted by atomic mass is 16.5. The Labute approximate surface area is 196 Å². The van der Waals surface area contributed by atoms with E-state index in [0.29, 0.717) is 52.6 Å². The first-order valence-corrected chi connectivity index (χ1v) is 11.0. The maximum Gasteiger partial charge on any atom is 0.198 e. The summed E-state index contributed by atoms with van der Waals surface area (Å²) in [6.07, 6.45) is 0. The van der Waals surface area contributed by atoms with E-state index < -0.39 is 0 Å². The maximum absolute atomic E-state index is 13.7. The highest BCUT2D eigenvalue weighted by Gasteiger charge is 2.34. The lowest BCUT2D eigenvalue weighted by Gasteiger charge is -2.21. The Morgan fingerprint density at radius 3 is 1.91 bits per heavy atom. The number of fused-ring (bicyclic) bond motifs is 2. The summed E-state index contributed by atoms with van der Waals surface area (Å²) in [5, 5.41) is 5.31. The van der Waals surface area contributed by atoms with Crippen molar-refractivity contribution in [2.45, 2.75) is 13.2 Å². The van der Waals surface area contributed by atoms with E-state index in [1.165, 1.54) is 4.79 Å². The standard InChI is InChI=1S/C28H21N3O3/c29-31-21-13-7-12-20-24(21)27(30-31)25-22(33-16-18-8-3-1-4-9-18)14-15-23(26(25)28(20)32)34-17-19-10-5-2-6-11-19/h1-15H,16-17,29H2. The third-order valence-corrected chi connectivity index (χ3v) is 6.05. The van der Waals surface area contributed by atoms with Crippen LogP contribution in [0, 0.1) is 0 Å². The molecular formula is C28H21N3O3. The van der Waals surface area contributed by atoms with Gasteiger partial charge >= 0.3 is 0 Å². The van der Waals surface area contributed by atoms with Crippen LogP contribution in [0.2, 0.25) is 0 Å². The Morgan fingerprint density at radius 2 is 1.29 bits per heavy atom. The predicted octanol–water partition coefficient (Wildman–Crippen LogP) is 5.12. The van der Waals surface area contributed by atoms with Crippen LogP contribution in [0.3, 0.4) is 0 Å². The Kier molecular flexibility index (Phi) is 4.77. The van der Waals surface area contributed by atoms with E-state index in [1.54, 1.807) is 12.1 Å². The number of aromatic nitrogens is 2. The van der Waals surface area contributed by atoms with Crippen LogP contribution in [-0.4, -0.2) is 15.7 Å². The topological polar surface area (TPSA) is 79.4 Å². The second-order valence-corrected chi connectivity index (χ2v) is 8.18. The molecule has 34 heavy (non-hydrogen) atoms. The number of hydrogen-bond donors (Lipinski definition) is 1. The van der Waals surface area contributed by atoms with Gasteiger partial charge in [0.15, 0.2) is 5.78 Å². The fourth-order valence-corrected chi connectivity index (χ4v) is 4.43. The Bertz CT molecular complexity index is 1530. The minimum Gasteiger partial charge on any atom is -0.488 e. The van der Waals surface area contributed by atoms with Crippen LogP contribution >= 0.6 is 0 Å². The average Bonchev–Trinajstić information content (AvgIpc) is 3.23. The molecule has 1 aromatic heterocycles. The first-order valence-electron chi connectivity index (χ1n) is 11.0. The fourth-order valence-electron chi connectivity index (χ4n) is 4.43. The van der Waals surface area contributed by atoms with Crippen molar-refractivity contribution in [3.63, 3.8) is 0 Å². The zero-order chi connectivity index (χ0) is 23.1. The molecule has 1 aliphatic carbocycles. The number of benzene rings is 4. The molecule has 0 saturated heterocycles. The SMILES string of the molecule is Nn1nc2c3c(cccc31)C(=O)c1c(OCc3ccccc3)ccc(OCc3ccccc3)c1-2. The molecule has 0 unspecified atom stereocenters. The van der Waals surface area contributed by atoms with Gasteiger partial charge in [-0.1, -0.05) is 72.8 Å². The summed E-state index contributed by atoms with van der Waals surface area (Å²) in [6.45, 7) is 0.701. The van der Waals surface area contributed by atoms with Gasteiger partial charge in [-0.2, -0.15) is 9.89 Å². The molecule has 0 atom stereocenters. The molecule has 166 valence electrons. The van der Waals surface area contributed by atoms with Gasteiger partial charge in [0.05, 0.1) is 16.6 Å². The van der Waals surface area contributed by atoms with Crippen LogP contribution in [0.4, 0.5) is 0 Å². The van der Waals surface area contributed by atoms with Crippen LogP contribution in [-0.2, 0) is 13.2 Å². The van der Waals surface area contributed by atoms with Crippen molar-refractivity contribution in [1.82, 2.24) is 9.89 Å². The first-order chi connectivity index (χ1) is 16.7. The number of rotatable bonds is 6. The van der Waals surface area contributed by atoms with Gasteiger partial charge in [-0.3, -0.25) is 4.79 Å². The fraction of sp³-hybridized carbons (Fsp3) is 0.0714. The zero-order valence-corrected chi connectivity index (χ0v) is 18.3. The number of nitrogens with zero attached hydrogens (tertiary/aromatic N) is 2. The monoisotopic (exact) mass is 447 g/mol. The lowest BCUT2D eigenvalue weighted by atomic mass is 9.86. The molecule has 0 radical (unpaired) electrons. The minimum atomic E-state index is -0.130. The van der Waals surface area contributed by atoms with Crippen molar-refractivity contribution < 1.29 is 14.3 Å². The highest BCUT2D eigenvalue weighted by Crippen LogP contribution is 2.47.